The Labute approximate surface area is 248 Å². The van der Waals surface area contributed by atoms with Gasteiger partial charge in [0.2, 0.25) is 0 Å². The minimum Gasteiger partial charge on any atom is -0.550 e. The molecule has 0 aliphatic carbocycles. The summed E-state index contributed by atoms with van der Waals surface area (Å²) in [5.74, 6) is -2.17. The molecule has 0 aromatic heterocycles. The molecule has 0 spiro atoms. The van der Waals surface area contributed by atoms with Crippen molar-refractivity contribution >= 4 is 49.0 Å². The van der Waals surface area contributed by atoms with Crippen LogP contribution in [0.2, 0.25) is 0 Å². The van der Waals surface area contributed by atoms with Crippen LogP contribution in [0.3, 0.4) is 0 Å². The summed E-state index contributed by atoms with van der Waals surface area (Å²) >= 11 is 0. The first kappa shape index (κ1) is 34.4. The van der Waals surface area contributed by atoms with Crippen molar-refractivity contribution in [3.8, 4) is 0 Å². The number of hydrogen-bond acceptors (Lipinski definition) is 4. The maximum atomic E-state index is 8.89. The molecular weight excluding hydrogens is 617 g/mol. The van der Waals surface area contributed by atoms with Gasteiger partial charge in [-0.15, -0.1) is 0 Å². The van der Waals surface area contributed by atoms with Crippen molar-refractivity contribution in [3.63, 3.8) is 0 Å². The molecule has 0 atom stereocenters. The van der Waals surface area contributed by atoms with Crippen LogP contribution in [0.1, 0.15) is 26.7 Å². The molecule has 4 rings (SSSR count). The number of unbranched alkanes of at least 4 members (excludes halogenated alkanes) is 1. The van der Waals surface area contributed by atoms with Crippen molar-refractivity contribution in [1.82, 2.24) is 0 Å². The van der Waals surface area contributed by atoms with Crippen molar-refractivity contribution in [2.45, 2.75) is 26.7 Å². The first-order valence-corrected chi connectivity index (χ1v) is 15.5. The molecule has 0 aliphatic heterocycles. The SMILES string of the molecule is CC(=O)[O-].CC(=O)[O-].[Pd+2].c1ccc(P(CCCCP(c2ccccc2)c2ccccc2)c2ccccc2)cc1. The Morgan fingerprint density at radius 1 is 0.487 bits per heavy atom. The van der Waals surface area contributed by atoms with Crippen molar-refractivity contribution < 1.29 is 40.2 Å². The van der Waals surface area contributed by atoms with Gasteiger partial charge in [0.25, 0.3) is 0 Å². The Hall–Kier alpha value is -2.66. The van der Waals surface area contributed by atoms with Crippen LogP contribution in [0.4, 0.5) is 0 Å². The van der Waals surface area contributed by atoms with Crippen LogP contribution >= 0.6 is 15.8 Å². The fraction of sp³-hybridized carbons (Fsp3) is 0.188. The summed E-state index contributed by atoms with van der Waals surface area (Å²) < 4.78 is 0. The number of carboxylic acids is 2. The van der Waals surface area contributed by atoms with E-state index in [0.29, 0.717) is 0 Å². The Balaban J connectivity index is 0.000000748. The average molecular weight is 651 g/mol. The predicted octanol–water partition coefficient (Wildman–Crippen LogP) is 3.54. The maximum absolute atomic E-state index is 8.89. The maximum Gasteiger partial charge on any atom is 2.00 e. The van der Waals surface area contributed by atoms with Crippen molar-refractivity contribution in [1.29, 1.82) is 0 Å². The van der Waals surface area contributed by atoms with Gasteiger partial charge in [0, 0.05) is 11.9 Å². The summed E-state index contributed by atoms with van der Waals surface area (Å²) in [6.45, 7) is 1.94. The molecule has 4 aromatic rings. The van der Waals surface area contributed by atoms with Gasteiger partial charge < -0.3 is 19.8 Å². The Kier molecular flexibility index (Phi) is 17.9. The van der Waals surface area contributed by atoms with Gasteiger partial charge in [-0.3, -0.25) is 0 Å². The molecule has 7 heteroatoms. The van der Waals surface area contributed by atoms with Crippen LogP contribution in [0.5, 0.6) is 0 Å². The van der Waals surface area contributed by atoms with Gasteiger partial charge in [-0.05, 0) is 76.1 Å². The van der Waals surface area contributed by atoms with Gasteiger partial charge in [-0.25, -0.2) is 0 Å². The first-order valence-electron chi connectivity index (χ1n) is 12.5. The third-order valence-electron chi connectivity index (χ3n) is 5.28. The number of hydrogen-bond donors (Lipinski definition) is 0. The van der Waals surface area contributed by atoms with E-state index in [9.17, 15) is 0 Å². The molecule has 0 aliphatic rings. The zero-order valence-electron chi connectivity index (χ0n) is 22.2. The molecule has 4 aromatic carbocycles. The number of carboxylic acid groups (broad SMARTS) is 2. The third-order valence-corrected chi connectivity index (χ3v) is 10.5. The average Bonchev–Trinajstić information content (AvgIpc) is 2.92. The van der Waals surface area contributed by atoms with Crippen LogP contribution in [-0.2, 0) is 30.0 Å². The molecule has 0 N–H and O–H groups in total. The van der Waals surface area contributed by atoms with Gasteiger partial charge in [0.1, 0.15) is 0 Å². The van der Waals surface area contributed by atoms with Crippen LogP contribution < -0.4 is 31.4 Å². The van der Waals surface area contributed by atoms with E-state index in [2.05, 4.69) is 121 Å². The van der Waals surface area contributed by atoms with Gasteiger partial charge in [-0.1, -0.05) is 121 Å². The van der Waals surface area contributed by atoms with Crippen LogP contribution in [0, 0.1) is 0 Å². The molecule has 206 valence electrons. The van der Waals surface area contributed by atoms with Gasteiger partial charge in [-0.2, -0.15) is 0 Å². The zero-order chi connectivity index (χ0) is 27.6. The van der Waals surface area contributed by atoms with Crippen molar-refractivity contribution in [2.24, 2.45) is 0 Å². The van der Waals surface area contributed by atoms with Gasteiger partial charge in [0.15, 0.2) is 0 Å². The molecule has 0 unspecified atom stereocenters. The summed E-state index contributed by atoms with van der Waals surface area (Å²) in [5.41, 5.74) is 0. The second-order valence-electron chi connectivity index (χ2n) is 8.34. The minimum atomic E-state index is -1.08. The second kappa shape index (κ2) is 20.3. The van der Waals surface area contributed by atoms with E-state index in [1.54, 1.807) is 0 Å². The molecule has 0 bridgehead atoms. The normalized spacial score (nSPS) is 9.85. The van der Waals surface area contributed by atoms with Gasteiger partial charge in [0.05, 0.1) is 0 Å². The molecule has 39 heavy (non-hydrogen) atoms. The van der Waals surface area contributed by atoms with E-state index >= 15 is 0 Å². The minimum absolute atomic E-state index is 0. The van der Waals surface area contributed by atoms with E-state index in [-0.39, 0.29) is 36.3 Å². The van der Waals surface area contributed by atoms with E-state index < -0.39 is 11.9 Å². The fourth-order valence-electron chi connectivity index (χ4n) is 3.79. The molecule has 0 saturated carbocycles. The summed E-state index contributed by atoms with van der Waals surface area (Å²) in [7, 11) is -0.566. The number of carbonyl (C=O) groups excluding carboxylic acids is 2. The summed E-state index contributed by atoms with van der Waals surface area (Å²) in [5, 5.41) is 23.7. The van der Waals surface area contributed by atoms with Crippen LogP contribution in [0.15, 0.2) is 121 Å². The van der Waals surface area contributed by atoms with Crippen molar-refractivity contribution in [3.05, 3.63) is 121 Å². The van der Waals surface area contributed by atoms with Crippen molar-refractivity contribution in [2.75, 3.05) is 12.3 Å². The molecule has 0 radical (unpaired) electrons. The Morgan fingerprint density at radius 2 is 0.667 bits per heavy atom. The number of benzene rings is 4. The summed E-state index contributed by atoms with van der Waals surface area (Å²) in [4.78, 5) is 17.8. The number of rotatable bonds is 9. The third kappa shape index (κ3) is 14.3. The molecule has 0 saturated heterocycles. The number of carbonyl (C=O) groups is 2. The van der Waals surface area contributed by atoms with Crippen LogP contribution in [-0.4, -0.2) is 24.3 Å². The quantitative estimate of drug-likeness (QED) is 0.158. The van der Waals surface area contributed by atoms with Gasteiger partial charge >= 0.3 is 20.4 Å². The van der Waals surface area contributed by atoms with E-state index in [4.69, 9.17) is 19.8 Å². The largest absolute Gasteiger partial charge is 2.00 e. The smallest absolute Gasteiger partial charge is 0.550 e. The van der Waals surface area contributed by atoms with E-state index in [1.807, 2.05) is 0 Å². The fourth-order valence-corrected chi connectivity index (χ4v) is 8.62. The summed E-state index contributed by atoms with van der Waals surface area (Å²) in [6.07, 6.45) is 5.06. The monoisotopic (exact) mass is 650 g/mol. The second-order valence-corrected chi connectivity index (χ2v) is 13.0. The molecular formula is C32H34O4P2Pd. The predicted molar refractivity (Wildman–Crippen MR) is 158 cm³/mol. The Bertz CT molecular complexity index is 1010. The van der Waals surface area contributed by atoms with Crippen LogP contribution in [0.25, 0.3) is 0 Å². The molecule has 4 nitrogen and oxygen atoms in total. The number of aliphatic carboxylic acids is 2. The topological polar surface area (TPSA) is 80.3 Å². The molecule has 0 heterocycles. The molecule has 0 amide bonds. The van der Waals surface area contributed by atoms with E-state index in [0.717, 1.165) is 13.8 Å². The Morgan fingerprint density at radius 3 is 0.846 bits per heavy atom. The standard InChI is InChI=1S/C28H28P2.2C2H4O2.Pd/c1-5-15-25(16-6-1)29(26-17-7-2-8-18-26)23-13-14-24-30(27-19-9-3-10-20-27)28-21-11-4-12-22-28;2*1-2(3)4;/h1-12,15-22H,13-14,23-24H2;2*1H3,(H,3,4);/q;;;+2/p-2. The molecule has 0 fully saturated rings. The first-order chi connectivity index (χ1) is 18.4. The van der Waals surface area contributed by atoms with E-state index in [1.165, 1.54) is 46.4 Å². The summed E-state index contributed by atoms with van der Waals surface area (Å²) in [6, 6.07) is 44.3. The zero-order valence-corrected chi connectivity index (χ0v) is 25.6.